The van der Waals surface area contributed by atoms with E-state index in [1.54, 1.807) is 6.20 Å². The van der Waals surface area contributed by atoms with Crippen LogP contribution in [0.25, 0.3) is 0 Å². The number of rotatable bonds is 0. The van der Waals surface area contributed by atoms with Gasteiger partial charge in [0.1, 0.15) is 5.82 Å². The highest BCUT2D eigenvalue weighted by molar-refractivity contribution is 14.1. The fraction of sp³-hybridized carbons (Fsp3) is 0.286. The molecule has 0 bridgehead atoms. The first-order valence-corrected chi connectivity index (χ1v) is 4.39. The predicted octanol–water partition coefficient (Wildman–Crippen LogP) is 1.09. The highest BCUT2D eigenvalue weighted by Gasteiger charge is 2.34. The summed E-state index contributed by atoms with van der Waals surface area (Å²) in [4.78, 5) is 4.08. The molecule has 2 N–H and O–H groups in total. The molecule has 2 heterocycles. The molecule has 1 aromatic heterocycles. The Balaban J connectivity index is 2.56. The number of nitrogens with one attached hydrogen (secondary N) is 1. The molecule has 0 aromatic carbocycles. The monoisotopic (exact) mass is 262 g/mol. The molecule has 11 heavy (non-hydrogen) atoms. The Morgan fingerprint density at radius 3 is 3.27 bits per heavy atom. The zero-order valence-electron chi connectivity index (χ0n) is 5.71. The average Bonchev–Trinajstić information content (AvgIpc) is 2.29. The maximum atomic E-state index is 9.73. The molecule has 1 aliphatic heterocycles. The van der Waals surface area contributed by atoms with E-state index in [1.807, 2.05) is 34.7 Å². The Labute approximate surface area is 78.0 Å². The van der Waals surface area contributed by atoms with Crippen LogP contribution in [0.5, 0.6) is 0 Å². The number of hydrogen-bond donors (Lipinski definition) is 2. The Bertz CT molecular complexity index is 288. The number of pyridine rings is 1. The molecular weight excluding hydrogens is 255 g/mol. The quantitative estimate of drug-likeness (QED) is 0.543. The predicted molar refractivity (Wildman–Crippen MR) is 50.6 cm³/mol. The molecule has 0 fully saturated rings. The number of hydrogen-bond acceptors (Lipinski definition) is 3. The van der Waals surface area contributed by atoms with Gasteiger partial charge in [0.15, 0.2) is 3.61 Å². The Hall–Kier alpha value is -0.360. The second-order valence-corrected chi connectivity index (χ2v) is 4.30. The van der Waals surface area contributed by atoms with E-state index in [9.17, 15) is 5.11 Å². The summed E-state index contributed by atoms with van der Waals surface area (Å²) in [6, 6.07) is 3.71. The van der Waals surface area contributed by atoms with Crippen molar-refractivity contribution in [3.05, 3.63) is 23.9 Å². The van der Waals surface area contributed by atoms with E-state index in [0.717, 1.165) is 11.4 Å². The van der Waals surface area contributed by atoms with Gasteiger partial charge in [-0.25, -0.2) is 4.98 Å². The summed E-state index contributed by atoms with van der Waals surface area (Å²) in [5, 5.41) is 12.8. The van der Waals surface area contributed by atoms with Gasteiger partial charge in [-0.05, 0) is 28.7 Å². The van der Waals surface area contributed by atoms with Crippen molar-refractivity contribution in [2.24, 2.45) is 0 Å². The van der Waals surface area contributed by atoms with Crippen LogP contribution >= 0.6 is 22.6 Å². The number of anilines is 1. The van der Waals surface area contributed by atoms with E-state index >= 15 is 0 Å². The summed E-state index contributed by atoms with van der Waals surface area (Å²) in [5.41, 5.74) is 0.876. The first-order chi connectivity index (χ1) is 5.20. The smallest absolute Gasteiger partial charge is 0.161 e. The van der Waals surface area contributed by atoms with E-state index in [-0.39, 0.29) is 0 Å². The summed E-state index contributed by atoms with van der Waals surface area (Å²) in [5.74, 6) is 0.796. The van der Waals surface area contributed by atoms with Crippen LogP contribution in [0, 0.1) is 0 Å². The van der Waals surface area contributed by atoms with Crippen molar-refractivity contribution in [2.75, 3.05) is 11.9 Å². The van der Waals surface area contributed by atoms with Gasteiger partial charge in [0.2, 0.25) is 0 Å². The van der Waals surface area contributed by atoms with Gasteiger partial charge in [-0.3, -0.25) is 0 Å². The minimum Gasteiger partial charge on any atom is -0.373 e. The van der Waals surface area contributed by atoms with Gasteiger partial charge in [0.05, 0.1) is 6.54 Å². The zero-order valence-corrected chi connectivity index (χ0v) is 7.87. The van der Waals surface area contributed by atoms with Crippen LogP contribution in [0.1, 0.15) is 5.56 Å². The molecule has 0 radical (unpaired) electrons. The molecule has 2 rings (SSSR count). The Kier molecular flexibility index (Phi) is 1.53. The standard InChI is InChI=1S/C7H7IN2O/c8-7(11)4-10-6-5(7)2-1-3-9-6/h1-3,11H,4H2,(H,9,10). The van der Waals surface area contributed by atoms with Crippen LogP contribution in [0.15, 0.2) is 18.3 Å². The van der Waals surface area contributed by atoms with Crippen molar-refractivity contribution in [3.63, 3.8) is 0 Å². The lowest BCUT2D eigenvalue weighted by Crippen LogP contribution is -2.18. The van der Waals surface area contributed by atoms with E-state index in [1.165, 1.54) is 0 Å². The first kappa shape index (κ1) is 7.30. The van der Waals surface area contributed by atoms with Crippen molar-refractivity contribution in [2.45, 2.75) is 3.61 Å². The molecule has 0 saturated heterocycles. The number of alkyl halides is 1. The number of fused-ring (bicyclic) bond motifs is 1. The fourth-order valence-electron chi connectivity index (χ4n) is 1.15. The lowest BCUT2D eigenvalue weighted by atomic mass is 10.2. The van der Waals surface area contributed by atoms with E-state index in [4.69, 9.17) is 0 Å². The number of nitrogens with zero attached hydrogens (tertiary/aromatic N) is 1. The van der Waals surface area contributed by atoms with E-state index < -0.39 is 3.61 Å². The number of β-amino-alcohol motifs (C(OH)–C–C–N with tert-alkyl or cyclic N) is 1. The minimum atomic E-state index is -0.776. The van der Waals surface area contributed by atoms with Crippen LogP contribution in [-0.4, -0.2) is 16.6 Å². The van der Waals surface area contributed by atoms with Gasteiger partial charge in [-0.2, -0.15) is 0 Å². The minimum absolute atomic E-state index is 0.542. The molecule has 0 saturated carbocycles. The van der Waals surface area contributed by atoms with Crippen LogP contribution in [-0.2, 0) is 3.61 Å². The molecular formula is C7H7IN2O. The molecule has 3 nitrogen and oxygen atoms in total. The molecule has 0 aliphatic carbocycles. The Morgan fingerprint density at radius 1 is 1.73 bits per heavy atom. The molecule has 4 heteroatoms. The summed E-state index contributed by atoms with van der Waals surface area (Å²) in [7, 11) is 0. The third kappa shape index (κ3) is 1.10. The Morgan fingerprint density at radius 2 is 2.55 bits per heavy atom. The number of aliphatic hydroxyl groups is 1. The van der Waals surface area contributed by atoms with Crippen molar-refractivity contribution in [3.8, 4) is 0 Å². The topological polar surface area (TPSA) is 45.1 Å². The zero-order chi connectivity index (χ0) is 7.90. The summed E-state index contributed by atoms with van der Waals surface area (Å²) < 4.78 is -0.776. The maximum Gasteiger partial charge on any atom is 0.161 e. The van der Waals surface area contributed by atoms with Gasteiger partial charge in [-0.15, -0.1) is 0 Å². The fourth-order valence-corrected chi connectivity index (χ4v) is 1.78. The molecule has 0 amide bonds. The van der Waals surface area contributed by atoms with Gasteiger partial charge >= 0.3 is 0 Å². The van der Waals surface area contributed by atoms with Gasteiger partial charge in [0.25, 0.3) is 0 Å². The lowest BCUT2D eigenvalue weighted by Gasteiger charge is -2.11. The number of halogens is 1. The SMILES string of the molecule is OC1(I)CNc2ncccc21. The van der Waals surface area contributed by atoms with Crippen molar-refractivity contribution < 1.29 is 5.11 Å². The molecule has 1 atom stereocenters. The molecule has 1 unspecified atom stereocenters. The summed E-state index contributed by atoms with van der Waals surface area (Å²) in [6.07, 6.45) is 1.71. The third-order valence-corrected chi connectivity index (χ3v) is 2.67. The van der Waals surface area contributed by atoms with Crippen molar-refractivity contribution >= 4 is 28.4 Å². The second kappa shape index (κ2) is 2.31. The normalized spacial score (nSPS) is 27.8. The lowest BCUT2D eigenvalue weighted by molar-refractivity contribution is 0.179. The molecule has 1 aliphatic rings. The first-order valence-electron chi connectivity index (χ1n) is 3.31. The van der Waals surface area contributed by atoms with Crippen LogP contribution < -0.4 is 5.32 Å². The third-order valence-electron chi connectivity index (χ3n) is 1.71. The molecule has 1 aromatic rings. The highest BCUT2D eigenvalue weighted by atomic mass is 127. The maximum absolute atomic E-state index is 9.73. The highest BCUT2D eigenvalue weighted by Crippen LogP contribution is 2.37. The van der Waals surface area contributed by atoms with E-state index in [0.29, 0.717) is 6.54 Å². The van der Waals surface area contributed by atoms with Gasteiger partial charge < -0.3 is 10.4 Å². The van der Waals surface area contributed by atoms with Crippen molar-refractivity contribution in [1.29, 1.82) is 0 Å². The van der Waals surface area contributed by atoms with Crippen LogP contribution in [0.2, 0.25) is 0 Å². The number of aromatic nitrogens is 1. The van der Waals surface area contributed by atoms with Crippen molar-refractivity contribution in [1.82, 2.24) is 4.98 Å². The molecule has 0 spiro atoms. The second-order valence-electron chi connectivity index (χ2n) is 2.51. The summed E-state index contributed by atoms with van der Waals surface area (Å²) >= 11 is 2.01. The van der Waals surface area contributed by atoms with Gasteiger partial charge in [-0.1, -0.05) is 6.07 Å². The molecule has 58 valence electrons. The van der Waals surface area contributed by atoms with E-state index in [2.05, 4.69) is 10.3 Å². The van der Waals surface area contributed by atoms with Crippen LogP contribution in [0.3, 0.4) is 0 Å². The van der Waals surface area contributed by atoms with Crippen LogP contribution in [0.4, 0.5) is 5.82 Å². The average molecular weight is 262 g/mol. The van der Waals surface area contributed by atoms with Gasteiger partial charge in [0, 0.05) is 11.8 Å². The summed E-state index contributed by atoms with van der Waals surface area (Å²) in [6.45, 7) is 0.542. The largest absolute Gasteiger partial charge is 0.373 e.